The van der Waals surface area contributed by atoms with Crippen LogP contribution in [0.15, 0.2) is 91.0 Å². The first-order valence-electron chi connectivity index (χ1n) is 14.1. The molecule has 0 aromatic heterocycles. The predicted molar refractivity (Wildman–Crippen MR) is 161 cm³/mol. The van der Waals surface area contributed by atoms with Crippen molar-refractivity contribution >= 4 is 30.6 Å². The summed E-state index contributed by atoms with van der Waals surface area (Å²) in [4.78, 5) is 24.1. The van der Waals surface area contributed by atoms with Crippen molar-refractivity contribution in [1.82, 2.24) is 0 Å². The highest BCUT2D eigenvalue weighted by molar-refractivity contribution is 6.99. The first kappa shape index (κ1) is 31.6. The van der Waals surface area contributed by atoms with Crippen molar-refractivity contribution in [3.63, 3.8) is 0 Å². The van der Waals surface area contributed by atoms with Crippen molar-refractivity contribution in [2.75, 3.05) is 6.61 Å². The van der Waals surface area contributed by atoms with Gasteiger partial charge in [-0.3, -0.25) is 9.59 Å². The molecule has 3 aromatic rings. The van der Waals surface area contributed by atoms with Crippen LogP contribution >= 0.6 is 0 Å². The second-order valence-electron chi connectivity index (χ2n) is 11.4. The van der Waals surface area contributed by atoms with E-state index in [-0.39, 0.29) is 13.2 Å². The molecular weight excluding hydrogens is 552 g/mol. The Morgan fingerprint density at radius 1 is 0.786 bits per heavy atom. The van der Waals surface area contributed by atoms with Gasteiger partial charge in [0.05, 0.1) is 6.61 Å². The van der Waals surface area contributed by atoms with Crippen molar-refractivity contribution in [1.29, 1.82) is 0 Å². The molecule has 1 aliphatic heterocycles. The number of benzene rings is 3. The van der Waals surface area contributed by atoms with Crippen LogP contribution in [0.4, 0.5) is 0 Å². The van der Waals surface area contributed by atoms with Crippen LogP contribution in [0.3, 0.4) is 0 Å². The summed E-state index contributed by atoms with van der Waals surface area (Å²) in [5, 5.41) is 12.7. The number of carbonyl (C=O) groups is 2. The van der Waals surface area contributed by atoms with Gasteiger partial charge in [-0.15, -0.1) is 0 Å². The number of rotatable bonds is 10. The number of hydrogen-bond acceptors (Lipinski definition) is 8. The number of ether oxygens (including phenoxy) is 4. The van der Waals surface area contributed by atoms with E-state index in [1.165, 1.54) is 13.8 Å². The van der Waals surface area contributed by atoms with Gasteiger partial charge in [-0.05, 0) is 21.0 Å². The summed E-state index contributed by atoms with van der Waals surface area (Å²) in [5.74, 6) is -1.10. The van der Waals surface area contributed by atoms with Gasteiger partial charge in [-0.2, -0.15) is 0 Å². The number of hydrogen-bond donors (Lipinski definition) is 1. The average molecular weight is 593 g/mol. The van der Waals surface area contributed by atoms with Gasteiger partial charge in [0, 0.05) is 13.8 Å². The van der Waals surface area contributed by atoms with Crippen LogP contribution < -0.4 is 10.4 Å². The molecule has 1 saturated heterocycles. The van der Waals surface area contributed by atoms with Gasteiger partial charge in [0.2, 0.25) is 0 Å². The number of esters is 2. The van der Waals surface area contributed by atoms with E-state index in [1.54, 1.807) is 0 Å². The normalized spacial score (nSPS) is 22.8. The van der Waals surface area contributed by atoms with E-state index in [0.29, 0.717) is 0 Å². The molecule has 0 bridgehead atoms. The van der Waals surface area contributed by atoms with E-state index in [9.17, 15) is 14.7 Å². The van der Waals surface area contributed by atoms with Crippen LogP contribution in [0.1, 0.15) is 40.2 Å². The standard InChI is InChI=1S/C33H40O8Si/c1-23(34)37-22-28-29(30(31(32(36)40-28)39-24(2)35)38-21-25-15-9-6-10-16-25)41-42(33(3,4)5,26-17-11-7-12-18-26)27-19-13-8-14-20-27/h6-20,28-32,36H,21-22H2,1-5H3/t28-,29-,30+,31+,32+/m0/s1. The largest absolute Gasteiger partial charge is 0.463 e. The third-order valence-corrected chi connectivity index (χ3v) is 12.4. The topological polar surface area (TPSA) is 101 Å². The minimum Gasteiger partial charge on any atom is -0.463 e. The van der Waals surface area contributed by atoms with Gasteiger partial charge in [0.25, 0.3) is 8.32 Å². The molecule has 8 nitrogen and oxygen atoms in total. The Kier molecular flexibility index (Phi) is 10.3. The van der Waals surface area contributed by atoms with Crippen LogP contribution in [-0.2, 0) is 39.6 Å². The molecule has 0 unspecified atom stereocenters. The Labute approximate surface area is 248 Å². The first-order valence-corrected chi connectivity index (χ1v) is 16.0. The zero-order valence-corrected chi connectivity index (χ0v) is 25.8. The van der Waals surface area contributed by atoms with Crippen LogP contribution in [0.5, 0.6) is 0 Å². The fraction of sp³-hybridized carbons (Fsp3) is 0.394. The second-order valence-corrected chi connectivity index (χ2v) is 15.7. The average Bonchev–Trinajstić information content (AvgIpc) is 2.96. The van der Waals surface area contributed by atoms with Crippen LogP contribution in [0, 0.1) is 0 Å². The predicted octanol–water partition coefficient (Wildman–Crippen LogP) is 3.73. The fourth-order valence-corrected chi connectivity index (χ4v) is 10.2. The Morgan fingerprint density at radius 3 is 1.79 bits per heavy atom. The Bertz CT molecular complexity index is 1260. The van der Waals surface area contributed by atoms with E-state index in [1.807, 2.05) is 66.7 Å². The van der Waals surface area contributed by atoms with Crippen molar-refractivity contribution in [3.05, 3.63) is 96.6 Å². The highest BCUT2D eigenvalue weighted by atomic mass is 28.4. The molecule has 0 aliphatic carbocycles. The molecule has 0 saturated carbocycles. The third-order valence-electron chi connectivity index (χ3n) is 7.38. The molecule has 1 N–H and O–H groups in total. The van der Waals surface area contributed by atoms with Crippen molar-refractivity contribution in [3.8, 4) is 0 Å². The highest BCUT2D eigenvalue weighted by Crippen LogP contribution is 2.40. The van der Waals surface area contributed by atoms with E-state index < -0.39 is 56.0 Å². The van der Waals surface area contributed by atoms with Crippen LogP contribution in [-0.4, -0.2) is 62.7 Å². The second kappa shape index (κ2) is 13.8. The van der Waals surface area contributed by atoms with Gasteiger partial charge >= 0.3 is 11.9 Å². The van der Waals surface area contributed by atoms with Crippen LogP contribution in [0.2, 0.25) is 5.04 Å². The Hall–Kier alpha value is -3.34. The molecule has 0 radical (unpaired) electrons. The Morgan fingerprint density at radius 2 is 1.31 bits per heavy atom. The minimum atomic E-state index is -3.20. The molecule has 1 fully saturated rings. The summed E-state index contributed by atoms with van der Waals surface area (Å²) in [5.41, 5.74) is 0.890. The summed E-state index contributed by atoms with van der Waals surface area (Å²) in [6, 6.07) is 29.7. The maximum Gasteiger partial charge on any atom is 0.303 e. The van der Waals surface area contributed by atoms with Gasteiger partial charge < -0.3 is 28.5 Å². The maximum absolute atomic E-state index is 12.2. The summed E-state index contributed by atoms with van der Waals surface area (Å²) in [6.07, 6.45) is -5.50. The Balaban J connectivity index is 1.88. The van der Waals surface area contributed by atoms with Gasteiger partial charge in [0.1, 0.15) is 24.9 Å². The lowest BCUT2D eigenvalue weighted by Gasteiger charge is -2.50. The van der Waals surface area contributed by atoms with Gasteiger partial charge in [-0.1, -0.05) is 112 Å². The molecule has 0 spiro atoms. The molecule has 5 atom stereocenters. The lowest BCUT2D eigenvalue weighted by molar-refractivity contribution is -0.296. The van der Waals surface area contributed by atoms with Gasteiger partial charge in [-0.25, -0.2) is 0 Å². The molecule has 1 heterocycles. The molecular formula is C33H40O8Si. The molecule has 9 heteroatoms. The molecule has 1 aliphatic rings. The SMILES string of the molecule is CC(=O)OC[C@@H]1O[C@@H](O)[C@H](OC(C)=O)[C@H](OCc2ccccc2)[C@H]1O[Si](c1ccccc1)(c1ccccc1)C(C)(C)C. The van der Waals surface area contributed by atoms with E-state index >= 15 is 0 Å². The van der Waals surface area contributed by atoms with E-state index in [2.05, 4.69) is 45.0 Å². The number of aliphatic hydroxyl groups excluding tert-OH is 1. The summed E-state index contributed by atoms with van der Waals surface area (Å²) in [6.45, 7) is 8.98. The monoisotopic (exact) mass is 592 g/mol. The summed E-state index contributed by atoms with van der Waals surface area (Å²) < 4.78 is 30.9. The smallest absolute Gasteiger partial charge is 0.303 e. The molecule has 42 heavy (non-hydrogen) atoms. The van der Waals surface area contributed by atoms with Crippen molar-refractivity contribution in [2.24, 2.45) is 0 Å². The zero-order chi connectivity index (χ0) is 30.3. The zero-order valence-electron chi connectivity index (χ0n) is 24.8. The first-order chi connectivity index (χ1) is 20.0. The fourth-order valence-electron chi connectivity index (χ4n) is 5.54. The quantitative estimate of drug-likeness (QED) is 0.281. The molecule has 0 amide bonds. The lowest BCUT2D eigenvalue weighted by Crippen LogP contribution is -2.72. The van der Waals surface area contributed by atoms with Crippen LogP contribution in [0.25, 0.3) is 0 Å². The van der Waals surface area contributed by atoms with E-state index in [4.69, 9.17) is 23.4 Å². The number of aliphatic hydroxyl groups is 1. The molecule has 3 aromatic carbocycles. The number of carbonyl (C=O) groups excluding carboxylic acids is 2. The lowest BCUT2D eigenvalue weighted by atomic mass is 9.98. The summed E-state index contributed by atoms with van der Waals surface area (Å²) >= 11 is 0. The van der Waals surface area contributed by atoms with E-state index in [0.717, 1.165) is 15.9 Å². The third kappa shape index (κ3) is 7.16. The molecule has 4 rings (SSSR count). The molecule has 224 valence electrons. The van der Waals surface area contributed by atoms with Crippen molar-refractivity contribution in [2.45, 2.75) is 77.0 Å². The highest BCUT2D eigenvalue weighted by Gasteiger charge is 2.57. The van der Waals surface area contributed by atoms with Crippen molar-refractivity contribution < 1.29 is 38.1 Å². The maximum atomic E-state index is 12.2. The minimum absolute atomic E-state index is 0.164. The van der Waals surface area contributed by atoms with Gasteiger partial charge in [0.15, 0.2) is 12.4 Å². The summed E-state index contributed by atoms with van der Waals surface area (Å²) in [7, 11) is -3.20.